The average Bonchev–Trinajstić information content (AvgIpc) is 1.59. The molecule has 0 aromatic carbocycles. The Kier molecular flexibility index (Phi) is 1.77. The first-order valence-corrected chi connectivity index (χ1v) is 1.92. The summed E-state index contributed by atoms with van der Waals surface area (Å²) >= 11 is 0. The monoisotopic (exact) mass is 105 g/mol. The molecule has 0 saturated carbocycles. The maximum absolute atomic E-state index is 9.82. The van der Waals surface area contributed by atoms with E-state index in [2.05, 4.69) is 0 Å². The third kappa shape index (κ3) is 5.43. The summed E-state index contributed by atoms with van der Waals surface area (Å²) in [4.78, 5) is 9.82. The van der Waals surface area contributed by atoms with Gasteiger partial charge in [-0.15, -0.1) is 0 Å². The van der Waals surface area contributed by atoms with Gasteiger partial charge in [0.1, 0.15) is 0 Å². The van der Waals surface area contributed by atoms with Gasteiger partial charge >= 0.3 is 5.97 Å². The molecule has 0 fully saturated rings. The van der Waals surface area contributed by atoms with Crippen LogP contribution in [0.3, 0.4) is 0 Å². The van der Waals surface area contributed by atoms with E-state index in [-0.39, 0.29) is 12.8 Å². The Morgan fingerprint density at radius 2 is 2.57 bits per heavy atom. The number of nitrogens with two attached hydrogens (primary N) is 1. The molecule has 42 valence electrons. The van der Waals surface area contributed by atoms with E-state index in [1.54, 1.807) is 0 Å². The molecule has 0 bridgehead atoms. The van der Waals surface area contributed by atoms with Gasteiger partial charge in [-0.1, -0.05) is 0 Å². The van der Waals surface area contributed by atoms with E-state index in [9.17, 15) is 4.79 Å². The topological polar surface area (TPSA) is 63.3 Å². The van der Waals surface area contributed by atoms with Crippen LogP contribution in [0.5, 0.6) is 0 Å². The van der Waals surface area contributed by atoms with Crippen molar-refractivity contribution < 1.29 is 12.6 Å². The van der Waals surface area contributed by atoms with E-state index in [1.165, 1.54) is 0 Å². The maximum Gasteiger partial charge on any atom is 0.303 e. The lowest BCUT2D eigenvalue weighted by atomic mass is 10.3. The Morgan fingerprint density at radius 3 is 2.71 bits per heavy atom. The van der Waals surface area contributed by atoms with Crippen molar-refractivity contribution in [3.05, 3.63) is 0 Å². The predicted molar refractivity (Wildman–Crippen MR) is 25.9 cm³/mol. The van der Waals surface area contributed by atoms with Crippen LogP contribution in [0.25, 0.3) is 0 Å². The molecule has 3 heteroatoms. The Bertz CT molecular complexity index is 110. The third-order valence-electron chi connectivity index (χ3n) is 0.483. The van der Waals surface area contributed by atoms with Crippen LogP contribution in [0.15, 0.2) is 0 Å². The highest BCUT2D eigenvalue weighted by Gasteiger charge is 1.91. The fourth-order valence-electron chi connectivity index (χ4n) is 0.179. The van der Waals surface area contributed by atoms with E-state index >= 15 is 0 Å². The minimum absolute atomic E-state index is 0.137. The van der Waals surface area contributed by atoms with Crippen LogP contribution in [0, 0.1) is 0 Å². The largest absolute Gasteiger partial charge is 0.481 e. The van der Waals surface area contributed by atoms with Gasteiger partial charge in [0, 0.05) is 9.16 Å². The second kappa shape index (κ2) is 3.61. The van der Waals surface area contributed by atoms with Gasteiger partial charge < -0.3 is 10.8 Å². The Balaban J connectivity index is 3.39. The molecule has 7 heavy (non-hydrogen) atoms. The van der Waals surface area contributed by atoms with Crippen LogP contribution >= 0.6 is 0 Å². The number of carbonyl (C=O) groups is 1. The highest BCUT2D eigenvalue weighted by molar-refractivity contribution is 5.66. The van der Waals surface area contributed by atoms with E-state index in [0.29, 0.717) is 0 Å². The van der Waals surface area contributed by atoms with Crippen molar-refractivity contribution >= 4 is 5.97 Å². The van der Waals surface area contributed by atoms with E-state index in [4.69, 9.17) is 13.6 Å². The summed E-state index contributed by atoms with van der Waals surface area (Å²) in [5, 5.41) is 8.05. The van der Waals surface area contributed by atoms with Crippen molar-refractivity contribution in [1.82, 2.24) is 0 Å². The first kappa shape index (κ1) is 3.43. The zero-order valence-electron chi connectivity index (χ0n) is 5.85. The molecule has 3 nitrogen and oxygen atoms in total. The molecule has 0 aliphatic carbocycles. The SMILES string of the molecule is [2H]C([2H])(N)CCC(=O)O. The van der Waals surface area contributed by atoms with Crippen molar-refractivity contribution in [2.75, 3.05) is 6.50 Å². The summed E-state index contributed by atoms with van der Waals surface area (Å²) in [6, 6.07) is 0. The van der Waals surface area contributed by atoms with Crippen molar-refractivity contribution in [2.45, 2.75) is 12.8 Å². The molecule has 0 spiro atoms. The van der Waals surface area contributed by atoms with Crippen LogP contribution < -0.4 is 5.73 Å². The highest BCUT2D eigenvalue weighted by atomic mass is 16.4. The van der Waals surface area contributed by atoms with Crippen LogP contribution in [-0.2, 0) is 4.79 Å². The van der Waals surface area contributed by atoms with Gasteiger partial charge in [0.15, 0.2) is 0 Å². The van der Waals surface area contributed by atoms with Gasteiger partial charge in [0.2, 0.25) is 0 Å². The fraction of sp³-hybridized carbons (Fsp3) is 0.750. The zero-order valence-corrected chi connectivity index (χ0v) is 3.85. The number of hydrogen-bond donors (Lipinski definition) is 2. The minimum atomic E-state index is -1.85. The number of carboxylic acids is 1. The lowest BCUT2D eigenvalue weighted by molar-refractivity contribution is -0.137. The van der Waals surface area contributed by atoms with Crippen LogP contribution in [0.1, 0.15) is 15.6 Å². The van der Waals surface area contributed by atoms with Gasteiger partial charge in [-0.2, -0.15) is 0 Å². The lowest BCUT2D eigenvalue weighted by Gasteiger charge is -1.86. The molecule has 0 unspecified atom stereocenters. The summed E-state index contributed by atoms with van der Waals surface area (Å²) < 4.78 is 13.4. The van der Waals surface area contributed by atoms with E-state index < -0.39 is 12.5 Å². The molecule has 0 aromatic rings. The normalized spacial score (nSPS) is 15.0. The summed E-state index contributed by atoms with van der Waals surface area (Å²) in [6.07, 6.45) is -0.355. The summed E-state index contributed by atoms with van der Waals surface area (Å²) in [6.45, 7) is -1.85. The average molecular weight is 105 g/mol. The molecule has 0 aliphatic rings. The molecule has 0 amide bonds. The van der Waals surface area contributed by atoms with Crippen molar-refractivity contribution in [3.63, 3.8) is 0 Å². The Morgan fingerprint density at radius 1 is 2.00 bits per heavy atom. The van der Waals surface area contributed by atoms with E-state index in [0.717, 1.165) is 0 Å². The standard InChI is InChI=1S/C4H9NO2/c5-3-1-2-4(6)7/h1-3,5H2,(H,6,7)/i3D2. The zero-order chi connectivity index (χ0) is 7.49. The maximum atomic E-state index is 9.82. The number of carboxylic acid groups (broad SMARTS) is 1. The first-order chi connectivity index (χ1) is 3.92. The van der Waals surface area contributed by atoms with Crippen LogP contribution in [-0.4, -0.2) is 17.6 Å². The van der Waals surface area contributed by atoms with Crippen LogP contribution in [0.4, 0.5) is 0 Å². The Labute approximate surface area is 44.9 Å². The summed E-state index contributed by atoms with van der Waals surface area (Å²) in [7, 11) is 0. The number of hydrogen-bond acceptors (Lipinski definition) is 2. The molecule has 0 heterocycles. The first-order valence-electron chi connectivity index (χ1n) is 2.92. The molecule has 3 N–H and O–H groups in total. The second-order valence-corrected chi connectivity index (χ2v) is 1.10. The van der Waals surface area contributed by atoms with Gasteiger partial charge in [-0.25, -0.2) is 0 Å². The molecular weight excluding hydrogens is 94.0 g/mol. The molecule has 0 atom stereocenters. The number of rotatable bonds is 3. The van der Waals surface area contributed by atoms with Gasteiger partial charge in [-0.05, 0) is 12.9 Å². The quantitative estimate of drug-likeness (QED) is 0.523. The summed E-state index contributed by atoms with van der Waals surface area (Å²) in [5.41, 5.74) is 4.85. The number of aliphatic carboxylic acids is 1. The van der Waals surface area contributed by atoms with E-state index in [1.807, 2.05) is 0 Å². The summed E-state index contributed by atoms with van der Waals surface area (Å²) in [5.74, 6) is -1.02. The minimum Gasteiger partial charge on any atom is -0.481 e. The smallest absolute Gasteiger partial charge is 0.303 e. The fourth-order valence-corrected chi connectivity index (χ4v) is 0.179. The molecule has 0 radical (unpaired) electrons. The highest BCUT2D eigenvalue weighted by Crippen LogP contribution is 1.82. The molecular formula is C4H9NO2. The third-order valence-corrected chi connectivity index (χ3v) is 0.483. The molecule has 0 rings (SSSR count). The molecule has 0 saturated heterocycles. The van der Waals surface area contributed by atoms with Crippen molar-refractivity contribution in [2.24, 2.45) is 5.73 Å². The molecule has 0 aliphatic heterocycles. The Hall–Kier alpha value is -0.570. The molecule has 0 aromatic heterocycles. The lowest BCUT2D eigenvalue weighted by Crippen LogP contribution is -2.02. The van der Waals surface area contributed by atoms with Gasteiger partial charge in [0.05, 0.1) is 0 Å². The van der Waals surface area contributed by atoms with Crippen LogP contribution in [0.2, 0.25) is 0 Å². The van der Waals surface area contributed by atoms with Gasteiger partial charge in [0.25, 0.3) is 0 Å². The van der Waals surface area contributed by atoms with Crippen molar-refractivity contribution in [1.29, 1.82) is 0 Å². The van der Waals surface area contributed by atoms with Gasteiger partial charge in [-0.3, -0.25) is 4.79 Å². The predicted octanol–water partition coefficient (Wildman–Crippen LogP) is -0.190. The second-order valence-electron chi connectivity index (χ2n) is 1.10. The van der Waals surface area contributed by atoms with Crippen molar-refractivity contribution in [3.8, 4) is 0 Å².